The zero-order valence-corrected chi connectivity index (χ0v) is 10.9. The average Bonchev–Trinajstić information content (AvgIpc) is 2.56. The van der Waals surface area contributed by atoms with E-state index in [9.17, 15) is 4.79 Å². The second kappa shape index (κ2) is 4.41. The van der Waals surface area contributed by atoms with Crippen LogP contribution in [0.5, 0.6) is 0 Å². The highest BCUT2D eigenvalue weighted by Crippen LogP contribution is 2.19. The molecule has 0 spiro atoms. The number of hydrogen-bond acceptors (Lipinski definition) is 1. The van der Waals surface area contributed by atoms with E-state index < -0.39 is 0 Å². The normalized spacial score (nSPS) is 12.7. The van der Waals surface area contributed by atoms with Gasteiger partial charge < -0.3 is 0 Å². The summed E-state index contributed by atoms with van der Waals surface area (Å²) < 4.78 is 1.64. The number of nitrogens with zero attached hydrogens (tertiary/aromatic N) is 1. The van der Waals surface area contributed by atoms with Gasteiger partial charge in [-0.15, -0.1) is 0 Å². The molecule has 0 radical (unpaired) electrons. The molecular weight excluding hydrogens is 236 g/mol. The number of H-pyrrole nitrogens is 1. The van der Waals surface area contributed by atoms with E-state index in [1.165, 1.54) is 0 Å². The molecule has 3 nitrogen and oxygen atoms in total. The SMILES string of the molecule is Cc1[nH]n(C(C)c2cccc(Cl)c2)c(=O)c1C. The Hall–Kier alpha value is -1.48. The Balaban J connectivity index is 2.47. The van der Waals surface area contributed by atoms with E-state index in [1.807, 2.05) is 45.0 Å². The van der Waals surface area contributed by atoms with Gasteiger partial charge in [0.1, 0.15) is 0 Å². The van der Waals surface area contributed by atoms with Crippen LogP contribution in [0.25, 0.3) is 0 Å². The fourth-order valence-electron chi connectivity index (χ4n) is 1.84. The van der Waals surface area contributed by atoms with Crippen LogP contribution >= 0.6 is 11.6 Å². The average molecular weight is 251 g/mol. The Morgan fingerprint density at radius 3 is 2.59 bits per heavy atom. The van der Waals surface area contributed by atoms with Gasteiger partial charge in [0.25, 0.3) is 5.56 Å². The Labute approximate surface area is 105 Å². The van der Waals surface area contributed by atoms with Crippen LogP contribution in [-0.4, -0.2) is 9.78 Å². The van der Waals surface area contributed by atoms with Gasteiger partial charge in [0.2, 0.25) is 0 Å². The molecule has 1 aromatic heterocycles. The van der Waals surface area contributed by atoms with Crippen LogP contribution in [0.15, 0.2) is 29.1 Å². The molecule has 17 heavy (non-hydrogen) atoms. The van der Waals surface area contributed by atoms with Gasteiger partial charge in [-0.25, -0.2) is 4.68 Å². The Morgan fingerprint density at radius 2 is 2.06 bits per heavy atom. The lowest BCUT2D eigenvalue weighted by Gasteiger charge is -2.13. The first kappa shape index (κ1) is 12.0. The molecule has 1 heterocycles. The molecule has 2 rings (SSSR count). The third kappa shape index (κ3) is 2.15. The van der Waals surface area contributed by atoms with Crippen molar-refractivity contribution < 1.29 is 0 Å². The molecule has 1 N–H and O–H groups in total. The maximum Gasteiger partial charge on any atom is 0.270 e. The fraction of sp³-hybridized carbons (Fsp3) is 0.308. The zero-order chi connectivity index (χ0) is 12.6. The zero-order valence-electron chi connectivity index (χ0n) is 10.1. The molecule has 0 bridgehead atoms. The molecule has 0 aliphatic rings. The molecule has 2 aromatic rings. The molecule has 90 valence electrons. The number of aromatic amines is 1. The Kier molecular flexibility index (Phi) is 3.11. The van der Waals surface area contributed by atoms with E-state index in [0.29, 0.717) is 5.02 Å². The molecule has 0 aliphatic carbocycles. The third-order valence-electron chi connectivity index (χ3n) is 3.11. The summed E-state index contributed by atoms with van der Waals surface area (Å²) in [4.78, 5) is 12.0. The second-order valence-corrected chi connectivity index (χ2v) is 4.70. The summed E-state index contributed by atoms with van der Waals surface area (Å²) in [5.41, 5.74) is 2.71. The quantitative estimate of drug-likeness (QED) is 0.874. The molecule has 1 unspecified atom stereocenters. The minimum atomic E-state index is -0.0476. The first-order valence-corrected chi connectivity index (χ1v) is 5.91. The molecule has 0 saturated heterocycles. The van der Waals surface area contributed by atoms with E-state index in [1.54, 1.807) is 4.68 Å². The monoisotopic (exact) mass is 250 g/mol. The van der Waals surface area contributed by atoms with Crippen molar-refractivity contribution in [3.63, 3.8) is 0 Å². The highest BCUT2D eigenvalue weighted by molar-refractivity contribution is 6.30. The van der Waals surface area contributed by atoms with Crippen LogP contribution in [0.3, 0.4) is 0 Å². The van der Waals surface area contributed by atoms with Gasteiger partial charge in [-0.3, -0.25) is 9.89 Å². The van der Waals surface area contributed by atoms with Crippen molar-refractivity contribution >= 4 is 11.6 Å². The summed E-state index contributed by atoms with van der Waals surface area (Å²) in [7, 11) is 0. The van der Waals surface area contributed by atoms with Crippen LogP contribution in [-0.2, 0) is 0 Å². The van der Waals surface area contributed by atoms with Gasteiger partial charge in [-0.1, -0.05) is 23.7 Å². The van der Waals surface area contributed by atoms with Gasteiger partial charge in [-0.2, -0.15) is 0 Å². The van der Waals surface area contributed by atoms with Gasteiger partial charge in [-0.05, 0) is 38.5 Å². The minimum absolute atomic E-state index is 0.0231. The van der Waals surface area contributed by atoms with Crippen molar-refractivity contribution in [3.05, 3.63) is 56.5 Å². The van der Waals surface area contributed by atoms with E-state index in [4.69, 9.17) is 11.6 Å². The summed E-state index contributed by atoms with van der Waals surface area (Å²) in [6, 6.07) is 7.51. The van der Waals surface area contributed by atoms with Crippen molar-refractivity contribution in [2.75, 3.05) is 0 Å². The summed E-state index contributed by atoms with van der Waals surface area (Å²) in [5.74, 6) is 0. The molecular formula is C13H15ClN2O. The predicted molar refractivity (Wildman–Crippen MR) is 69.8 cm³/mol. The number of aromatic nitrogens is 2. The van der Waals surface area contributed by atoms with E-state index >= 15 is 0 Å². The largest absolute Gasteiger partial charge is 0.299 e. The standard InChI is InChI=1S/C13H15ClN2O/c1-8-9(2)15-16(13(8)17)10(3)11-5-4-6-12(14)7-11/h4-7,10,15H,1-3H3. The first-order valence-electron chi connectivity index (χ1n) is 5.54. The number of rotatable bonds is 2. The predicted octanol–water partition coefficient (Wildman–Crippen LogP) is 3.06. The van der Waals surface area contributed by atoms with Crippen LogP contribution in [0.2, 0.25) is 5.02 Å². The number of benzene rings is 1. The van der Waals surface area contributed by atoms with Crippen molar-refractivity contribution in [1.82, 2.24) is 9.78 Å². The summed E-state index contributed by atoms with van der Waals surface area (Å²) in [6.45, 7) is 5.70. The molecule has 1 atom stereocenters. The van der Waals surface area contributed by atoms with E-state index in [2.05, 4.69) is 5.10 Å². The maximum absolute atomic E-state index is 12.0. The van der Waals surface area contributed by atoms with Crippen LogP contribution in [0.1, 0.15) is 29.8 Å². The lowest BCUT2D eigenvalue weighted by Crippen LogP contribution is -2.22. The lowest BCUT2D eigenvalue weighted by atomic mass is 10.1. The third-order valence-corrected chi connectivity index (χ3v) is 3.34. The van der Waals surface area contributed by atoms with Crippen LogP contribution in [0, 0.1) is 13.8 Å². The Morgan fingerprint density at radius 1 is 1.35 bits per heavy atom. The maximum atomic E-state index is 12.0. The lowest BCUT2D eigenvalue weighted by molar-refractivity contribution is 0.544. The molecule has 0 fully saturated rings. The fourth-order valence-corrected chi connectivity index (χ4v) is 2.04. The van der Waals surface area contributed by atoms with Crippen molar-refractivity contribution in [2.45, 2.75) is 26.8 Å². The van der Waals surface area contributed by atoms with Crippen LogP contribution in [0.4, 0.5) is 0 Å². The van der Waals surface area contributed by atoms with Crippen LogP contribution < -0.4 is 5.56 Å². The number of aryl methyl sites for hydroxylation is 1. The van der Waals surface area contributed by atoms with E-state index in [0.717, 1.165) is 16.8 Å². The van der Waals surface area contributed by atoms with Gasteiger partial charge >= 0.3 is 0 Å². The molecule has 4 heteroatoms. The minimum Gasteiger partial charge on any atom is -0.299 e. The Bertz CT molecular complexity index is 598. The summed E-state index contributed by atoms with van der Waals surface area (Å²) >= 11 is 5.96. The van der Waals surface area contributed by atoms with E-state index in [-0.39, 0.29) is 11.6 Å². The van der Waals surface area contributed by atoms with Crippen molar-refractivity contribution in [1.29, 1.82) is 0 Å². The first-order chi connectivity index (χ1) is 8.00. The number of nitrogens with one attached hydrogen (secondary N) is 1. The van der Waals surface area contributed by atoms with Gasteiger partial charge in [0.05, 0.1) is 6.04 Å². The summed E-state index contributed by atoms with van der Waals surface area (Å²) in [6.07, 6.45) is 0. The molecule has 0 saturated carbocycles. The van der Waals surface area contributed by atoms with Gasteiger partial charge in [0.15, 0.2) is 0 Å². The highest BCUT2D eigenvalue weighted by Gasteiger charge is 2.14. The topological polar surface area (TPSA) is 37.8 Å². The number of hydrogen-bond donors (Lipinski definition) is 1. The molecule has 0 amide bonds. The van der Waals surface area contributed by atoms with Crippen molar-refractivity contribution in [3.8, 4) is 0 Å². The second-order valence-electron chi connectivity index (χ2n) is 4.27. The highest BCUT2D eigenvalue weighted by atomic mass is 35.5. The van der Waals surface area contributed by atoms with Gasteiger partial charge in [0, 0.05) is 16.3 Å². The number of halogens is 1. The van der Waals surface area contributed by atoms with Crippen molar-refractivity contribution in [2.24, 2.45) is 0 Å². The summed E-state index contributed by atoms with van der Waals surface area (Å²) in [5, 5.41) is 3.77. The smallest absolute Gasteiger partial charge is 0.270 e. The molecule has 0 aliphatic heterocycles. The molecule has 1 aromatic carbocycles.